The molecule has 2 aliphatic rings. The zero-order chi connectivity index (χ0) is 63.5. The third kappa shape index (κ3) is 16.3. The van der Waals surface area contributed by atoms with Crippen molar-refractivity contribution in [2.75, 3.05) is 36.2 Å². The van der Waals surface area contributed by atoms with E-state index in [0.29, 0.717) is 53.3 Å². The number of benzene rings is 2. The SMILES string of the molecule is C.C.CC(=O)c1nn(CC(=O)N2C[C@H](F)C[C@H]2C(=O)Nc2cccc(Br)n2)c2ccc(-c3cnc(S(C)(=O)=NC(=O)OC(C)(C)C)nc3)cc12.CC(=O)c1nn(CC(=O)N2C[C@H](F)C[C@H]2C(=O)Nc2cccc(Br)n2)c2ccc(-c3cnc(S(C)=O)nc3)cc12. The van der Waals surface area contributed by atoms with Crippen LogP contribution in [0.1, 0.15) is 83.3 Å². The second-order valence-corrected chi connectivity index (χ2v) is 26.4. The molecule has 8 heterocycles. The highest BCUT2D eigenvalue weighted by Crippen LogP contribution is 2.31. The fraction of sp³-hybridized carbons (Fsp3) is 0.339. The molecule has 90 heavy (non-hydrogen) atoms. The minimum atomic E-state index is -3.30. The van der Waals surface area contributed by atoms with E-state index >= 15 is 0 Å². The van der Waals surface area contributed by atoms with Crippen LogP contribution in [0.2, 0.25) is 0 Å². The van der Waals surface area contributed by atoms with Crippen molar-refractivity contribution >= 4 is 127 Å². The Labute approximate surface area is 535 Å². The minimum Gasteiger partial charge on any atom is -0.442 e. The molecule has 25 nitrogen and oxygen atoms in total. The van der Waals surface area contributed by atoms with E-state index in [4.69, 9.17) is 4.74 Å². The quantitative estimate of drug-likeness (QED) is 0.0581. The first kappa shape index (κ1) is 68.9. The van der Waals surface area contributed by atoms with Crippen molar-refractivity contribution in [3.05, 3.63) is 118 Å². The molecule has 6 aromatic heterocycles. The number of pyridine rings is 2. The average Bonchev–Trinajstić information content (AvgIpc) is 1.62. The van der Waals surface area contributed by atoms with Gasteiger partial charge in [-0.2, -0.15) is 10.2 Å². The highest BCUT2D eigenvalue weighted by atomic mass is 79.9. The van der Waals surface area contributed by atoms with Crippen LogP contribution in [0.25, 0.3) is 44.1 Å². The number of alkyl halides is 2. The van der Waals surface area contributed by atoms with Crippen molar-refractivity contribution in [2.45, 2.75) is 116 Å². The summed E-state index contributed by atoms with van der Waals surface area (Å²) in [5.41, 5.74) is 2.87. The number of amides is 5. The molecule has 2 N–H and O–H groups in total. The summed E-state index contributed by atoms with van der Waals surface area (Å²) in [6.07, 6.45) is 4.56. The van der Waals surface area contributed by atoms with Crippen LogP contribution >= 0.6 is 31.9 Å². The first-order valence-electron chi connectivity index (χ1n) is 26.8. The molecule has 2 saturated heterocycles. The van der Waals surface area contributed by atoms with E-state index in [1.165, 1.54) is 57.9 Å². The van der Waals surface area contributed by atoms with Crippen LogP contribution in [0.15, 0.2) is 121 Å². The van der Waals surface area contributed by atoms with Gasteiger partial charge in [0.1, 0.15) is 85.1 Å². The summed E-state index contributed by atoms with van der Waals surface area (Å²) in [4.78, 5) is 117. The normalized spacial score (nSPS) is 17.2. The van der Waals surface area contributed by atoms with Crippen molar-refractivity contribution in [3.8, 4) is 22.3 Å². The number of ether oxygens (including phenoxy) is 1. The number of aromatic nitrogens is 10. The number of anilines is 2. The van der Waals surface area contributed by atoms with Gasteiger partial charge in [-0.3, -0.25) is 42.3 Å². The fourth-order valence-corrected chi connectivity index (χ4v) is 11.6. The van der Waals surface area contributed by atoms with Gasteiger partial charge in [-0.15, -0.1) is 4.36 Å². The molecule has 0 bridgehead atoms. The Morgan fingerprint density at radius 2 is 1.08 bits per heavy atom. The number of carbonyl (C=O) groups is 7. The van der Waals surface area contributed by atoms with Gasteiger partial charge in [0.2, 0.25) is 33.9 Å². The van der Waals surface area contributed by atoms with Gasteiger partial charge >= 0.3 is 6.09 Å². The molecular formula is C59H63Br2F2N15O10S2. The number of carbonyl (C=O) groups excluding carboxylic acids is 7. The standard InChI is InChI=1S/C31H32BrFN8O6S.C26H23BrFN7O4S.2CH4/c1-17(42)27-21-11-18(19-13-34-29(35-14-19)48(5,46)39-30(45)47-31(2,3)4)9-10-22(21)41(38-27)16-26(43)40-15-20(33)12-23(40)28(44)37-25-8-6-7-24(32)36-25;1-14(36)24-18-8-15(16-10-29-26(30-11-16)40(2)39)6-7-19(18)35(33-24)13-23(37)34-12-17(28)9-20(34)25(38)32-22-5-3-4-21(27)31-22;;/h6-11,13-14,20,23H,12,15-16H2,1-5H3,(H,36,37,44);3-8,10-11,17,20H,9,12-13H2,1-2H3,(H,31,32,38);2*1H4/t20-,23+,48?;17-,20+,40?;;/m11../s1. The molecule has 2 aliphatic heterocycles. The molecule has 2 fully saturated rings. The summed E-state index contributed by atoms with van der Waals surface area (Å²) in [7, 11) is -4.62. The lowest BCUT2D eigenvalue weighted by Gasteiger charge is -2.23. The molecule has 5 amide bonds. The lowest BCUT2D eigenvalue weighted by atomic mass is 10.0. The smallest absolute Gasteiger partial charge is 0.442 e. The molecule has 474 valence electrons. The maximum absolute atomic E-state index is 14.5. The van der Waals surface area contributed by atoms with E-state index in [-0.39, 0.29) is 98.8 Å². The summed E-state index contributed by atoms with van der Waals surface area (Å²) in [5.74, 6) is -2.30. The summed E-state index contributed by atoms with van der Waals surface area (Å²) in [5, 5.41) is 15.0. The monoisotopic (exact) mass is 1400 g/mol. The van der Waals surface area contributed by atoms with Crippen molar-refractivity contribution in [3.63, 3.8) is 0 Å². The van der Waals surface area contributed by atoms with Crippen LogP contribution in [0, 0.1) is 0 Å². The van der Waals surface area contributed by atoms with Gasteiger partial charge in [-0.05, 0) is 112 Å². The fourth-order valence-electron chi connectivity index (χ4n) is 9.65. The van der Waals surface area contributed by atoms with Gasteiger partial charge in [0.15, 0.2) is 11.6 Å². The predicted molar refractivity (Wildman–Crippen MR) is 339 cm³/mol. The number of fused-ring (bicyclic) bond motifs is 2. The average molecular weight is 1400 g/mol. The number of likely N-dealkylation sites (tertiary alicyclic amines) is 2. The van der Waals surface area contributed by atoms with Crippen LogP contribution in [-0.4, -0.2) is 165 Å². The number of hydrogen-bond donors (Lipinski definition) is 2. The summed E-state index contributed by atoms with van der Waals surface area (Å²) in [6, 6.07) is 18.1. The molecule has 6 atom stereocenters. The highest BCUT2D eigenvalue weighted by molar-refractivity contribution is 9.10. The molecule has 0 saturated carbocycles. The number of rotatable bonds is 14. The first-order valence-corrected chi connectivity index (χ1v) is 31.9. The molecule has 0 radical (unpaired) electrons. The second-order valence-electron chi connectivity index (χ2n) is 21.4. The van der Waals surface area contributed by atoms with Gasteiger partial charge in [0.25, 0.3) is 0 Å². The minimum absolute atomic E-state index is 0. The lowest BCUT2D eigenvalue weighted by molar-refractivity contribution is -0.137. The molecule has 2 unspecified atom stereocenters. The largest absolute Gasteiger partial charge is 0.442 e. The Hall–Kier alpha value is -8.55. The Kier molecular flexibility index (Phi) is 21.8. The van der Waals surface area contributed by atoms with Gasteiger partial charge in [0, 0.05) is 85.9 Å². The number of halogens is 4. The summed E-state index contributed by atoms with van der Waals surface area (Å²) >= 11 is 6.47. The highest BCUT2D eigenvalue weighted by Gasteiger charge is 2.42. The number of Topliss-reactive ketones (excluding diaryl/α,β-unsaturated/α-hetero) is 2. The van der Waals surface area contributed by atoms with Gasteiger partial charge in [0.05, 0.1) is 34.9 Å². The van der Waals surface area contributed by atoms with E-state index in [2.05, 4.69) is 87.0 Å². The Bertz CT molecular complexity index is 4250. The maximum Gasteiger partial charge on any atom is 0.442 e. The van der Waals surface area contributed by atoms with Crippen LogP contribution in [0.4, 0.5) is 25.2 Å². The molecule has 31 heteroatoms. The first-order chi connectivity index (χ1) is 41.6. The van der Waals surface area contributed by atoms with E-state index in [9.17, 15) is 50.8 Å². The summed E-state index contributed by atoms with van der Waals surface area (Å²) < 4.78 is 66.2. The van der Waals surface area contributed by atoms with E-state index < -0.39 is 80.3 Å². The topological polar surface area (TPSA) is 319 Å². The third-order valence-electron chi connectivity index (χ3n) is 13.6. The molecule has 2 aromatic carbocycles. The van der Waals surface area contributed by atoms with Crippen molar-refractivity contribution < 1.29 is 55.5 Å². The van der Waals surface area contributed by atoms with Crippen molar-refractivity contribution in [1.29, 1.82) is 0 Å². The Morgan fingerprint density at radius 1 is 0.667 bits per heavy atom. The van der Waals surface area contributed by atoms with Crippen molar-refractivity contribution in [1.82, 2.24) is 59.3 Å². The summed E-state index contributed by atoms with van der Waals surface area (Å²) in [6.45, 7) is 6.56. The number of ketones is 2. The number of nitrogens with one attached hydrogen (secondary N) is 2. The van der Waals surface area contributed by atoms with Crippen LogP contribution in [0.5, 0.6) is 0 Å². The zero-order valence-corrected chi connectivity index (χ0v) is 52.8. The third-order valence-corrected chi connectivity index (χ3v) is 16.6. The number of nitrogens with zero attached hydrogens (tertiary/aromatic N) is 13. The molecule has 0 spiro atoms. The number of hydrogen-bond acceptors (Lipinski definition) is 18. The molecule has 0 aliphatic carbocycles. The van der Waals surface area contributed by atoms with Crippen LogP contribution in [0.3, 0.4) is 0 Å². The Morgan fingerprint density at radius 3 is 1.46 bits per heavy atom. The van der Waals surface area contributed by atoms with Crippen LogP contribution in [-0.2, 0) is 57.5 Å². The van der Waals surface area contributed by atoms with E-state index in [1.807, 2.05) is 0 Å². The molecule has 8 aromatic rings. The predicted octanol–water partition coefficient (Wildman–Crippen LogP) is 9.26. The van der Waals surface area contributed by atoms with Gasteiger partial charge < -0.3 is 25.2 Å². The molecular weight excluding hydrogens is 1340 g/mol. The lowest BCUT2D eigenvalue weighted by Crippen LogP contribution is -2.44. The molecule has 10 rings (SSSR count). The second kappa shape index (κ2) is 28.5. The zero-order valence-electron chi connectivity index (χ0n) is 48.0. The van der Waals surface area contributed by atoms with E-state index in [0.717, 1.165) is 0 Å². The maximum atomic E-state index is 14.5. The van der Waals surface area contributed by atoms with E-state index in [1.54, 1.807) is 106 Å². The Balaban J connectivity index is 0.000000254. The van der Waals surface area contributed by atoms with Gasteiger partial charge in [-0.1, -0.05) is 39.1 Å². The van der Waals surface area contributed by atoms with Gasteiger partial charge in [-0.25, -0.2) is 47.7 Å². The van der Waals surface area contributed by atoms with Crippen LogP contribution < -0.4 is 10.6 Å². The van der Waals surface area contributed by atoms with Crippen molar-refractivity contribution in [2.24, 2.45) is 4.36 Å².